The molecule has 1 amide bonds. The van der Waals surface area contributed by atoms with Crippen LogP contribution < -0.4 is 5.32 Å². The molecule has 0 saturated heterocycles. The number of nitrogens with zero attached hydrogens (tertiary/aromatic N) is 5. The first-order valence-corrected chi connectivity index (χ1v) is 6.92. The highest BCUT2D eigenvalue weighted by Gasteiger charge is 2.09. The normalized spacial score (nSPS) is 10.8. The molecule has 0 aliphatic heterocycles. The van der Waals surface area contributed by atoms with Crippen molar-refractivity contribution in [1.29, 1.82) is 0 Å². The minimum absolute atomic E-state index is 0.176. The number of aryl methyl sites for hydroxylation is 1. The van der Waals surface area contributed by atoms with Gasteiger partial charge in [0.2, 0.25) is 4.96 Å². The topological polar surface area (TPSA) is 85.1 Å². The maximum atomic E-state index is 11.8. The second kappa shape index (κ2) is 5.33. The lowest BCUT2D eigenvalue weighted by atomic mass is 10.3. The number of carbonyl (C=O) groups excluding carboxylic acids is 1. The monoisotopic (exact) mass is 288 g/mol. The van der Waals surface area contributed by atoms with Crippen LogP contribution in [0, 0.1) is 6.92 Å². The Balaban J connectivity index is 1.58. The Morgan fingerprint density at radius 2 is 2.30 bits per heavy atom. The van der Waals surface area contributed by atoms with Gasteiger partial charge < -0.3 is 5.32 Å². The third-order valence-corrected chi connectivity index (χ3v) is 3.67. The van der Waals surface area contributed by atoms with Gasteiger partial charge in [-0.25, -0.2) is 0 Å². The molecule has 20 heavy (non-hydrogen) atoms. The fraction of sp³-hybridized carbons (Fsp3) is 0.250. The molecule has 3 aromatic heterocycles. The number of carbonyl (C=O) groups is 1. The Hall–Kier alpha value is -2.35. The number of amides is 1. The van der Waals surface area contributed by atoms with Gasteiger partial charge in [0.05, 0.1) is 0 Å². The van der Waals surface area contributed by atoms with E-state index in [1.165, 1.54) is 11.3 Å². The molecule has 0 aliphatic rings. The van der Waals surface area contributed by atoms with E-state index in [9.17, 15) is 4.79 Å². The molecule has 0 radical (unpaired) electrons. The average Bonchev–Trinajstić information content (AvgIpc) is 3.02. The highest BCUT2D eigenvalue weighted by atomic mass is 32.1. The lowest BCUT2D eigenvalue weighted by Gasteiger charge is -2.02. The second-order valence-electron chi connectivity index (χ2n) is 4.16. The summed E-state index contributed by atoms with van der Waals surface area (Å²) in [4.78, 5) is 16.6. The van der Waals surface area contributed by atoms with E-state index < -0.39 is 0 Å². The number of hydrogen-bond acceptors (Lipinski definition) is 6. The first-order valence-electron chi connectivity index (χ1n) is 6.11. The molecule has 8 heteroatoms. The van der Waals surface area contributed by atoms with Crippen LogP contribution in [0.1, 0.15) is 21.3 Å². The van der Waals surface area contributed by atoms with Crippen LogP contribution in [-0.4, -0.2) is 37.2 Å². The Labute approximate surface area is 118 Å². The van der Waals surface area contributed by atoms with Gasteiger partial charge in [-0.3, -0.25) is 9.78 Å². The third-order valence-electron chi connectivity index (χ3n) is 2.71. The molecule has 0 saturated carbocycles. The van der Waals surface area contributed by atoms with Crippen LogP contribution in [0.15, 0.2) is 24.4 Å². The van der Waals surface area contributed by atoms with Crippen molar-refractivity contribution in [2.75, 3.05) is 6.54 Å². The van der Waals surface area contributed by atoms with E-state index in [1.54, 1.807) is 28.9 Å². The van der Waals surface area contributed by atoms with Gasteiger partial charge in [0, 0.05) is 19.2 Å². The minimum Gasteiger partial charge on any atom is -0.350 e. The largest absolute Gasteiger partial charge is 0.350 e. The number of rotatable bonds is 4. The highest BCUT2D eigenvalue weighted by Crippen LogP contribution is 2.13. The molecule has 0 bridgehead atoms. The highest BCUT2D eigenvalue weighted by molar-refractivity contribution is 7.16. The molecule has 0 unspecified atom stereocenters. The van der Waals surface area contributed by atoms with Crippen LogP contribution in [-0.2, 0) is 6.42 Å². The summed E-state index contributed by atoms with van der Waals surface area (Å²) in [5.74, 6) is 0.588. The molecular formula is C12H12N6OS. The van der Waals surface area contributed by atoms with E-state index >= 15 is 0 Å². The average molecular weight is 288 g/mol. The second-order valence-corrected chi connectivity index (χ2v) is 5.20. The molecule has 1 N–H and O–H groups in total. The van der Waals surface area contributed by atoms with E-state index in [4.69, 9.17) is 0 Å². The van der Waals surface area contributed by atoms with Gasteiger partial charge in [-0.15, -0.1) is 10.2 Å². The van der Waals surface area contributed by atoms with Gasteiger partial charge in [-0.2, -0.15) is 9.61 Å². The first kappa shape index (κ1) is 12.7. The molecule has 102 valence electrons. The van der Waals surface area contributed by atoms with Gasteiger partial charge in [-0.05, 0) is 19.1 Å². The molecule has 3 aromatic rings. The van der Waals surface area contributed by atoms with Crippen LogP contribution >= 0.6 is 11.3 Å². The van der Waals surface area contributed by atoms with Gasteiger partial charge in [0.15, 0.2) is 5.82 Å². The van der Waals surface area contributed by atoms with Crippen LogP contribution in [0.3, 0.4) is 0 Å². The summed E-state index contributed by atoms with van der Waals surface area (Å²) >= 11 is 1.48. The van der Waals surface area contributed by atoms with E-state index in [0.29, 0.717) is 18.7 Å². The minimum atomic E-state index is -0.176. The number of hydrogen-bond donors (Lipinski definition) is 1. The summed E-state index contributed by atoms with van der Waals surface area (Å²) in [6.07, 6.45) is 2.26. The predicted octanol–water partition coefficient (Wildman–Crippen LogP) is 0.862. The predicted molar refractivity (Wildman–Crippen MR) is 73.7 cm³/mol. The third kappa shape index (κ3) is 2.50. The number of nitrogens with one attached hydrogen (secondary N) is 1. The fourth-order valence-corrected chi connectivity index (χ4v) is 2.60. The molecule has 0 spiro atoms. The maximum Gasteiger partial charge on any atom is 0.269 e. The molecule has 0 atom stereocenters. The van der Waals surface area contributed by atoms with Crippen molar-refractivity contribution < 1.29 is 4.79 Å². The van der Waals surface area contributed by atoms with Crippen molar-refractivity contribution in [1.82, 2.24) is 30.1 Å². The van der Waals surface area contributed by atoms with Crippen molar-refractivity contribution in [3.63, 3.8) is 0 Å². The van der Waals surface area contributed by atoms with E-state index in [0.717, 1.165) is 15.8 Å². The molecule has 0 aliphatic carbocycles. The Morgan fingerprint density at radius 1 is 1.40 bits per heavy atom. The standard InChI is InChI=1S/C12H12N6OS/c1-8-15-16-12-18(8)17-10(20-12)5-7-14-11(19)9-4-2-3-6-13-9/h2-4,6H,5,7H2,1H3,(H,14,19). The van der Waals surface area contributed by atoms with Crippen LogP contribution in [0.5, 0.6) is 0 Å². The van der Waals surface area contributed by atoms with E-state index in [2.05, 4.69) is 25.6 Å². The first-order chi connectivity index (χ1) is 9.74. The summed E-state index contributed by atoms with van der Waals surface area (Å²) in [6, 6.07) is 5.24. The lowest BCUT2D eigenvalue weighted by Crippen LogP contribution is -2.26. The van der Waals surface area contributed by atoms with Crippen molar-refractivity contribution in [3.05, 3.63) is 40.9 Å². The van der Waals surface area contributed by atoms with Crippen molar-refractivity contribution in [2.45, 2.75) is 13.3 Å². The van der Waals surface area contributed by atoms with Gasteiger partial charge in [-0.1, -0.05) is 17.4 Å². The van der Waals surface area contributed by atoms with E-state index in [1.807, 2.05) is 6.92 Å². The van der Waals surface area contributed by atoms with E-state index in [-0.39, 0.29) is 5.91 Å². The summed E-state index contributed by atoms with van der Waals surface area (Å²) in [5.41, 5.74) is 0.418. The lowest BCUT2D eigenvalue weighted by molar-refractivity contribution is 0.0949. The molecule has 3 heterocycles. The summed E-state index contributed by atoms with van der Waals surface area (Å²) in [6.45, 7) is 2.37. The molecular weight excluding hydrogens is 276 g/mol. The van der Waals surface area contributed by atoms with Crippen LogP contribution in [0.4, 0.5) is 0 Å². The zero-order valence-corrected chi connectivity index (χ0v) is 11.6. The molecule has 3 rings (SSSR count). The molecule has 0 fully saturated rings. The van der Waals surface area contributed by atoms with Gasteiger partial charge in [0.25, 0.3) is 5.91 Å². The van der Waals surface area contributed by atoms with Gasteiger partial charge in [0.1, 0.15) is 10.7 Å². The fourth-order valence-electron chi connectivity index (χ4n) is 1.73. The Bertz CT molecular complexity index is 735. The molecule has 0 aromatic carbocycles. The van der Waals surface area contributed by atoms with Crippen LogP contribution in [0.25, 0.3) is 4.96 Å². The SMILES string of the molecule is Cc1nnc2sc(CCNC(=O)c3ccccn3)nn12. The van der Waals surface area contributed by atoms with Crippen molar-refractivity contribution in [2.24, 2.45) is 0 Å². The molecule has 7 nitrogen and oxygen atoms in total. The Morgan fingerprint density at radius 3 is 3.05 bits per heavy atom. The maximum absolute atomic E-state index is 11.8. The van der Waals surface area contributed by atoms with Crippen molar-refractivity contribution >= 4 is 22.2 Å². The Kier molecular flexibility index (Phi) is 3.38. The zero-order valence-electron chi connectivity index (χ0n) is 10.8. The number of pyridine rings is 1. The summed E-state index contributed by atoms with van der Waals surface area (Å²) < 4.78 is 1.71. The summed E-state index contributed by atoms with van der Waals surface area (Å²) in [5, 5.41) is 16.0. The number of fused-ring (bicyclic) bond motifs is 1. The smallest absolute Gasteiger partial charge is 0.269 e. The van der Waals surface area contributed by atoms with Crippen molar-refractivity contribution in [3.8, 4) is 0 Å². The summed E-state index contributed by atoms with van der Waals surface area (Å²) in [7, 11) is 0. The number of aromatic nitrogens is 5. The van der Waals surface area contributed by atoms with Crippen LogP contribution in [0.2, 0.25) is 0 Å². The quantitative estimate of drug-likeness (QED) is 0.769. The van der Waals surface area contributed by atoms with Gasteiger partial charge >= 0.3 is 0 Å². The zero-order chi connectivity index (χ0) is 13.9.